The molecule has 0 saturated carbocycles. The molecule has 1 aromatic carbocycles. The van der Waals surface area contributed by atoms with Gasteiger partial charge in [0.1, 0.15) is 0 Å². The molecule has 88 valence electrons. The van der Waals surface area contributed by atoms with Gasteiger partial charge in [-0.3, -0.25) is 4.79 Å². The Balaban J connectivity index is 2.90. The molecule has 0 aromatic heterocycles. The molecular weight excluding hydrogens is 289 g/mol. The number of carbonyl (C=O) groups is 1. The Morgan fingerprint density at radius 3 is 2.69 bits per heavy atom. The van der Waals surface area contributed by atoms with Crippen LogP contribution in [-0.2, 0) is 0 Å². The lowest BCUT2D eigenvalue weighted by Gasteiger charge is -2.19. The normalized spacial score (nSPS) is 10.2. The number of halogens is 2. The third kappa shape index (κ3) is 3.22. The minimum atomic E-state index is 0.0405. The van der Waals surface area contributed by atoms with Crippen LogP contribution in [-0.4, -0.2) is 29.8 Å². The van der Waals surface area contributed by atoms with Crippen molar-refractivity contribution in [2.75, 3.05) is 19.0 Å². The third-order valence-corrected chi connectivity index (χ3v) is 3.49. The van der Waals surface area contributed by atoms with Crippen molar-refractivity contribution in [1.29, 1.82) is 0 Å². The van der Waals surface area contributed by atoms with Crippen LogP contribution in [0.2, 0.25) is 0 Å². The van der Waals surface area contributed by atoms with Crippen LogP contribution in [0.5, 0.6) is 0 Å². The van der Waals surface area contributed by atoms with E-state index < -0.39 is 0 Å². The predicted molar refractivity (Wildman–Crippen MR) is 71.2 cm³/mol. The number of nitrogens with zero attached hydrogens (tertiary/aromatic N) is 1. The van der Waals surface area contributed by atoms with Crippen molar-refractivity contribution < 1.29 is 4.79 Å². The summed E-state index contributed by atoms with van der Waals surface area (Å²) in [5.74, 6) is 0.508. The van der Waals surface area contributed by atoms with Gasteiger partial charge in [0.15, 0.2) is 0 Å². The molecule has 0 spiro atoms. The van der Waals surface area contributed by atoms with Gasteiger partial charge in [-0.1, -0.05) is 15.9 Å². The molecule has 0 aliphatic heterocycles. The van der Waals surface area contributed by atoms with Crippen LogP contribution in [0, 0.1) is 6.92 Å². The molecule has 0 aliphatic carbocycles. The monoisotopic (exact) mass is 303 g/mol. The van der Waals surface area contributed by atoms with Crippen molar-refractivity contribution in [2.45, 2.75) is 13.8 Å². The van der Waals surface area contributed by atoms with E-state index in [1.165, 1.54) is 0 Å². The molecule has 0 atom stereocenters. The van der Waals surface area contributed by atoms with Crippen LogP contribution >= 0.6 is 27.5 Å². The summed E-state index contributed by atoms with van der Waals surface area (Å²) in [7, 11) is 0. The van der Waals surface area contributed by atoms with E-state index in [0.29, 0.717) is 24.5 Å². The second kappa shape index (κ2) is 6.26. The summed E-state index contributed by atoms with van der Waals surface area (Å²) in [5.41, 5.74) is 1.78. The van der Waals surface area contributed by atoms with Gasteiger partial charge in [0.25, 0.3) is 5.91 Å². The lowest BCUT2D eigenvalue weighted by atomic mass is 10.1. The van der Waals surface area contributed by atoms with Crippen molar-refractivity contribution in [2.24, 2.45) is 0 Å². The van der Waals surface area contributed by atoms with E-state index in [0.717, 1.165) is 10.0 Å². The van der Waals surface area contributed by atoms with E-state index >= 15 is 0 Å². The SMILES string of the molecule is CCN(CCCl)C(=O)c1ccc(Br)c(C)c1. The minimum absolute atomic E-state index is 0.0405. The van der Waals surface area contributed by atoms with Gasteiger partial charge in [-0.25, -0.2) is 0 Å². The van der Waals surface area contributed by atoms with Crippen molar-refractivity contribution in [3.05, 3.63) is 33.8 Å². The summed E-state index contributed by atoms with van der Waals surface area (Å²) in [6, 6.07) is 5.62. The second-order valence-corrected chi connectivity index (χ2v) is 4.77. The Labute approximate surface area is 110 Å². The number of aryl methyl sites for hydroxylation is 1. The van der Waals surface area contributed by atoms with Gasteiger partial charge in [0.05, 0.1) is 0 Å². The summed E-state index contributed by atoms with van der Waals surface area (Å²) < 4.78 is 1.02. The number of hydrogen-bond donors (Lipinski definition) is 0. The minimum Gasteiger partial charge on any atom is -0.338 e. The number of benzene rings is 1. The van der Waals surface area contributed by atoms with Crippen molar-refractivity contribution >= 4 is 33.4 Å². The Morgan fingerprint density at radius 2 is 2.19 bits per heavy atom. The molecule has 4 heteroatoms. The highest BCUT2D eigenvalue weighted by molar-refractivity contribution is 9.10. The largest absolute Gasteiger partial charge is 0.338 e. The molecule has 0 N–H and O–H groups in total. The number of carbonyl (C=O) groups excluding carboxylic acids is 1. The van der Waals surface area contributed by atoms with Gasteiger partial charge < -0.3 is 4.90 Å². The molecule has 0 fully saturated rings. The Bertz CT molecular complexity index is 381. The zero-order valence-electron chi connectivity index (χ0n) is 9.46. The smallest absolute Gasteiger partial charge is 0.253 e. The number of alkyl halides is 1. The molecule has 2 nitrogen and oxygen atoms in total. The van der Waals surface area contributed by atoms with E-state index in [1.807, 2.05) is 32.0 Å². The maximum atomic E-state index is 12.1. The van der Waals surface area contributed by atoms with E-state index in [-0.39, 0.29) is 5.91 Å². The summed E-state index contributed by atoms with van der Waals surface area (Å²) in [6.45, 7) is 5.20. The molecule has 0 radical (unpaired) electrons. The summed E-state index contributed by atoms with van der Waals surface area (Å²) in [4.78, 5) is 13.8. The fraction of sp³-hybridized carbons (Fsp3) is 0.417. The first kappa shape index (κ1) is 13.5. The maximum absolute atomic E-state index is 12.1. The number of hydrogen-bond acceptors (Lipinski definition) is 1. The highest BCUT2D eigenvalue weighted by atomic mass is 79.9. The zero-order chi connectivity index (χ0) is 12.1. The molecule has 0 saturated heterocycles. The van der Waals surface area contributed by atoms with Crippen LogP contribution in [0.25, 0.3) is 0 Å². The van der Waals surface area contributed by atoms with Crippen LogP contribution < -0.4 is 0 Å². The molecule has 1 rings (SSSR count). The molecule has 1 aromatic rings. The van der Waals surface area contributed by atoms with Gasteiger partial charge >= 0.3 is 0 Å². The first-order valence-electron chi connectivity index (χ1n) is 5.21. The highest BCUT2D eigenvalue weighted by Crippen LogP contribution is 2.18. The topological polar surface area (TPSA) is 20.3 Å². The fourth-order valence-electron chi connectivity index (χ4n) is 1.47. The highest BCUT2D eigenvalue weighted by Gasteiger charge is 2.13. The van der Waals surface area contributed by atoms with Crippen LogP contribution in [0.3, 0.4) is 0 Å². The quantitative estimate of drug-likeness (QED) is 0.780. The summed E-state index contributed by atoms with van der Waals surface area (Å²) in [6.07, 6.45) is 0. The molecule has 1 amide bonds. The Morgan fingerprint density at radius 1 is 1.50 bits per heavy atom. The molecule has 0 bridgehead atoms. The molecule has 0 unspecified atom stereocenters. The van der Waals surface area contributed by atoms with E-state index in [2.05, 4.69) is 15.9 Å². The van der Waals surface area contributed by atoms with E-state index in [1.54, 1.807) is 4.90 Å². The summed E-state index contributed by atoms with van der Waals surface area (Å²) >= 11 is 9.08. The fourth-order valence-corrected chi connectivity index (χ4v) is 1.92. The van der Waals surface area contributed by atoms with Crippen molar-refractivity contribution in [1.82, 2.24) is 4.90 Å². The Kier molecular flexibility index (Phi) is 5.29. The zero-order valence-corrected chi connectivity index (χ0v) is 11.8. The van der Waals surface area contributed by atoms with Crippen molar-refractivity contribution in [3.8, 4) is 0 Å². The van der Waals surface area contributed by atoms with Gasteiger partial charge in [-0.2, -0.15) is 0 Å². The number of amides is 1. The third-order valence-electron chi connectivity index (χ3n) is 2.43. The van der Waals surface area contributed by atoms with Crippen LogP contribution in [0.4, 0.5) is 0 Å². The first-order valence-corrected chi connectivity index (χ1v) is 6.54. The van der Waals surface area contributed by atoms with E-state index in [9.17, 15) is 4.79 Å². The van der Waals surface area contributed by atoms with Crippen LogP contribution in [0.15, 0.2) is 22.7 Å². The molecular formula is C12H15BrClNO. The van der Waals surface area contributed by atoms with Gasteiger partial charge in [-0.05, 0) is 37.6 Å². The molecule has 0 aliphatic rings. The lowest BCUT2D eigenvalue weighted by molar-refractivity contribution is 0.0774. The predicted octanol–water partition coefficient (Wildman–Crippen LogP) is 3.46. The van der Waals surface area contributed by atoms with Crippen LogP contribution in [0.1, 0.15) is 22.8 Å². The second-order valence-electron chi connectivity index (χ2n) is 3.54. The van der Waals surface area contributed by atoms with Crippen molar-refractivity contribution in [3.63, 3.8) is 0 Å². The maximum Gasteiger partial charge on any atom is 0.253 e. The Hall–Kier alpha value is -0.540. The van der Waals surface area contributed by atoms with Gasteiger partial charge in [0.2, 0.25) is 0 Å². The number of rotatable bonds is 4. The van der Waals surface area contributed by atoms with Gasteiger partial charge in [0, 0.05) is 29.0 Å². The summed E-state index contributed by atoms with van der Waals surface area (Å²) in [5, 5.41) is 0. The standard InChI is InChI=1S/C12H15BrClNO/c1-3-15(7-6-14)12(16)10-4-5-11(13)9(2)8-10/h4-5,8H,3,6-7H2,1-2H3. The lowest BCUT2D eigenvalue weighted by Crippen LogP contribution is -2.32. The molecule has 16 heavy (non-hydrogen) atoms. The first-order chi connectivity index (χ1) is 7.60. The van der Waals surface area contributed by atoms with E-state index in [4.69, 9.17) is 11.6 Å². The van der Waals surface area contributed by atoms with Gasteiger partial charge in [-0.15, -0.1) is 11.6 Å². The average molecular weight is 305 g/mol. The molecule has 0 heterocycles. The average Bonchev–Trinajstić information content (AvgIpc) is 2.28.